The minimum atomic E-state index is 0.601. The summed E-state index contributed by atoms with van der Waals surface area (Å²) in [7, 11) is 0. The lowest BCUT2D eigenvalue weighted by molar-refractivity contribution is 0.673. The Hall–Kier alpha value is -8.02. The van der Waals surface area contributed by atoms with E-state index in [-0.39, 0.29) is 0 Å². The van der Waals surface area contributed by atoms with Crippen molar-refractivity contribution in [3.8, 4) is 34.0 Å². The molecule has 13 rings (SSSR count). The summed E-state index contributed by atoms with van der Waals surface area (Å²) in [5.41, 5.74) is 12.2. The van der Waals surface area contributed by atoms with Crippen molar-refractivity contribution in [2.24, 2.45) is 0 Å². The van der Waals surface area contributed by atoms with Gasteiger partial charge in [-0.3, -0.25) is 4.57 Å². The van der Waals surface area contributed by atoms with Crippen LogP contribution in [0.15, 0.2) is 199 Å². The van der Waals surface area contributed by atoms with Crippen molar-refractivity contribution in [2.75, 3.05) is 0 Å². The molecular weight excluding hydrogens is 721 g/mol. The van der Waals surface area contributed by atoms with E-state index in [1.807, 2.05) is 6.07 Å². The van der Waals surface area contributed by atoms with Gasteiger partial charge in [0.1, 0.15) is 11.2 Å². The summed E-state index contributed by atoms with van der Waals surface area (Å²) >= 11 is 0. The van der Waals surface area contributed by atoms with Crippen LogP contribution < -0.4 is 0 Å². The predicted molar refractivity (Wildman–Crippen MR) is 244 cm³/mol. The maximum absolute atomic E-state index is 6.81. The van der Waals surface area contributed by atoms with Crippen LogP contribution in [0.4, 0.5) is 0 Å². The molecule has 4 aromatic heterocycles. The van der Waals surface area contributed by atoms with Gasteiger partial charge in [-0.05, 0) is 64.4 Å². The van der Waals surface area contributed by atoms with Gasteiger partial charge < -0.3 is 8.98 Å². The summed E-state index contributed by atoms with van der Waals surface area (Å²) < 4.78 is 11.5. The zero-order valence-electron chi connectivity index (χ0n) is 31.7. The molecule has 5 heteroatoms. The fourth-order valence-electron chi connectivity index (χ4n) is 9.44. The van der Waals surface area contributed by atoms with E-state index in [0.717, 1.165) is 93.6 Å². The zero-order chi connectivity index (χ0) is 38.6. The number of rotatable bonds is 4. The molecule has 13 aromatic rings. The van der Waals surface area contributed by atoms with Crippen LogP contribution in [-0.2, 0) is 0 Å². The van der Waals surface area contributed by atoms with E-state index in [2.05, 4.69) is 197 Å². The van der Waals surface area contributed by atoms with Gasteiger partial charge in [0, 0.05) is 43.6 Å². The molecule has 0 aliphatic rings. The lowest BCUT2D eigenvalue weighted by Gasteiger charge is -2.14. The van der Waals surface area contributed by atoms with Gasteiger partial charge >= 0.3 is 0 Å². The number of para-hydroxylation sites is 3. The SMILES string of the molecule is c1ccc(-c2ccc(-c3nc(-n4c5ccc6c7ccccc7oc6c5c5ccc6c7ccccc7n(-c7ccc8ccccc8c7)c6c54)nc4ccccc34)cc2)cc1. The molecule has 0 bridgehead atoms. The van der Waals surface area contributed by atoms with E-state index in [1.54, 1.807) is 0 Å². The maximum Gasteiger partial charge on any atom is 0.235 e. The Labute approximate surface area is 337 Å². The molecule has 0 spiro atoms. The summed E-state index contributed by atoms with van der Waals surface area (Å²) in [5.74, 6) is 0.601. The lowest BCUT2D eigenvalue weighted by atomic mass is 10.0. The first kappa shape index (κ1) is 32.1. The molecule has 0 atom stereocenters. The van der Waals surface area contributed by atoms with Crippen LogP contribution in [0, 0.1) is 0 Å². The second-order valence-electron chi connectivity index (χ2n) is 15.3. The quantitative estimate of drug-likeness (QED) is 0.180. The number of aromatic nitrogens is 4. The second kappa shape index (κ2) is 12.2. The molecule has 4 heterocycles. The molecule has 59 heavy (non-hydrogen) atoms. The van der Waals surface area contributed by atoms with Gasteiger partial charge in [-0.2, -0.15) is 0 Å². The third-order valence-corrected chi connectivity index (χ3v) is 12.1. The van der Waals surface area contributed by atoms with Crippen LogP contribution in [0.2, 0.25) is 0 Å². The molecule has 0 radical (unpaired) electrons. The number of benzene rings is 9. The highest BCUT2D eigenvalue weighted by Crippen LogP contribution is 2.45. The molecule has 0 aliphatic heterocycles. The highest BCUT2D eigenvalue weighted by atomic mass is 16.3. The van der Waals surface area contributed by atoms with Crippen LogP contribution in [0.1, 0.15) is 0 Å². The maximum atomic E-state index is 6.81. The molecule has 0 aliphatic carbocycles. The Balaban J connectivity index is 1.19. The Morgan fingerprint density at radius 2 is 1.05 bits per heavy atom. The van der Waals surface area contributed by atoms with Crippen molar-refractivity contribution in [2.45, 2.75) is 0 Å². The van der Waals surface area contributed by atoms with Crippen LogP contribution in [0.3, 0.4) is 0 Å². The van der Waals surface area contributed by atoms with Gasteiger partial charge in [0.05, 0.1) is 38.7 Å². The van der Waals surface area contributed by atoms with Gasteiger partial charge in [-0.25, -0.2) is 9.97 Å². The van der Waals surface area contributed by atoms with Crippen LogP contribution >= 0.6 is 0 Å². The average Bonchev–Trinajstić information content (AvgIpc) is 3.97. The largest absolute Gasteiger partial charge is 0.455 e. The lowest BCUT2D eigenvalue weighted by Crippen LogP contribution is -2.05. The third-order valence-electron chi connectivity index (χ3n) is 12.1. The molecule has 0 N–H and O–H groups in total. The van der Waals surface area contributed by atoms with Crippen molar-refractivity contribution in [1.29, 1.82) is 0 Å². The van der Waals surface area contributed by atoms with Crippen molar-refractivity contribution in [1.82, 2.24) is 19.1 Å². The van der Waals surface area contributed by atoms with Crippen molar-refractivity contribution in [3.05, 3.63) is 194 Å². The summed E-state index contributed by atoms with van der Waals surface area (Å²) in [5, 5.41) is 10.0. The molecule has 0 fully saturated rings. The fraction of sp³-hybridized carbons (Fsp3) is 0. The summed E-state index contributed by atoms with van der Waals surface area (Å²) in [6.45, 7) is 0. The predicted octanol–water partition coefficient (Wildman–Crippen LogP) is 14.2. The molecular formula is C54H32N4O. The van der Waals surface area contributed by atoms with Gasteiger partial charge in [-0.1, -0.05) is 152 Å². The van der Waals surface area contributed by atoms with Crippen LogP contribution in [0.25, 0.3) is 121 Å². The smallest absolute Gasteiger partial charge is 0.235 e. The topological polar surface area (TPSA) is 48.8 Å². The van der Waals surface area contributed by atoms with E-state index < -0.39 is 0 Å². The molecule has 0 unspecified atom stereocenters. The second-order valence-corrected chi connectivity index (χ2v) is 15.3. The Bertz CT molecular complexity index is 3830. The van der Waals surface area contributed by atoms with E-state index in [4.69, 9.17) is 14.4 Å². The molecule has 0 saturated heterocycles. The van der Waals surface area contributed by atoms with Gasteiger partial charge in [0.25, 0.3) is 0 Å². The first-order valence-electron chi connectivity index (χ1n) is 20.0. The molecule has 0 saturated carbocycles. The number of furan rings is 1. The average molecular weight is 753 g/mol. The highest BCUT2D eigenvalue weighted by Gasteiger charge is 2.26. The number of nitrogens with zero attached hydrogens (tertiary/aromatic N) is 4. The Morgan fingerprint density at radius 1 is 0.390 bits per heavy atom. The van der Waals surface area contributed by atoms with Gasteiger partial charge in [0.2, 0.25) is 5.95 Å². The van der Waals surface area contributed by atoms with E-state index in [9.17, 15) is 0 Å². The molecule has 0 amide bonds. The van der Waals surface area contributed by atoms with E-state index in [1.165, 1.54) is 21.7 Å². The van der Waals surface area contributed by atoms with Crippen molar-refractivity contribution in [3.63, 3.8) is 0 Å². The van der Waals surface area contributed by atoms with Crippen LogP contribution in [0.5, 0.6) is 0 Å². The zero-order valence-corrected chi connectivity index (χ0v) is 31.7. The van der Waals surface area contributed by atoms with Crippen LogP contribution in [-0.4, -0.2) is 19.1 Å². The summed E-state index contributed by atoms with van der Waals surface area (Å²) in [4.78, 5) is 11.0. The standard InChI is InChI=1S/C54H32N4O/c1-2-12-33(13-3-1)35-22-24-36(25-23-35)50-43-18-6-9-19-45(43)55-54(56-50)58-47-31-30-42-40-17-8-11-21-48(40)59-53(42)49(47)44-29-28-41-39-16-7-10-20-46(39)57(51(41)52(44)58)38-27-26-34-14-4-5-15-37(34)32-38/h1-32H. The van der Waals surface area contributed by atoms with E-state index in [0.29, 0.717) is 5.95 Å². The van der Waals surface area contributed by atoms with Gasteiger partial charge in [-0.15, -0.1) is 0 Å². The number of fused-ring (bicyclic) bond motifs is 13. The first-order valence-corrected chi connectivity index (χ1v) is 20.0. The highest BCUT2D eigenvalue weighted by molar-refractivity contribution is 6.29. The molecule has 5 nitrogen and oxygen atoms in total. The monoisotopic (exact) mass is 752 g/mol. The van der Waals surface area contributed by atoms with Gasteiger partial charge in [0.15, 0.2) is 0 Å². The third kappa shape index (κ3) is 4.67. The van der Waals surface area contributed by atoms with Crippen molar-refractivity contribution < 1.29 is 4.42 Å². The molecule has 274 valence electrons. The van der Waals surface area contributed by atoms with Crippen molar-refractivity contribution >= 4 is 87.2 Å². The normalized spacial score (nSPS) is 12.1. The molecule has 9 aromatic carbocycles. The van der Waals surface area contributed by atoms with E-state index >= 15 is 0 Å². The Morgan fingerprint density at radius 3 is 1.93 bits per heavy atom. The fourth-order valence-corrected chi connectivity index (χ4v) is 9.44. The minimum Gasteiger partial charge on any atom is -0.455 e. The minimum absolute atomic E-state index is 0.601. The number of hydrogen-bond acceptors (Lipinski definition) is 3. The summed E-state index contributed by atoms with van der Waals surface area (Å²) in [6.07, 6.45) is 0. The number of hydrogen-bond donors (Lipinski definition) is 0. The summed E-state index contributed by atoms with van der Waals surface area (Å²) in [6, 6.07) is 68.9. The Kier molecular flexibility index (Phi) is 6.66. The first-order chi connectivity index (χ1) is 29.3.